The molecule has 106 valence electrons. The molecule has 0 bridgehead atoms. The lowest BCUT2D eigenvalue weighted by molar-refractivity contribution is 0.664. The number of hydrogen-bond donors (Lipinski definition) is 1. The molecule has 0 aliphatic carbocycles. The predicted molar refractivity (Wildman–Crippen MR) is 87.8 cm³/mol. The summed E-state index contributed by atoms with van der Waals surface area (Å²) >= 11 is 12.4. The second-order valence-electron chi connectivity index (χ2n) is 5.36. The summed E-state index contributed by atoms with van der Waals surface area (Å²) in [5.41, 5.74) is 11.0. The molecule has 2 aromatic carbocycles. The number of hydrogen-bond acceptors (Lipinski definition) is 1. The molecule has 0 fully saturated rings. The van der Waals surface area contributed by atoms with Crippen LogP contribution in [0.15, 0.2) is 36.4 Å². The molecular formula is C17H19Cl2N. The van der Waals surface area contributed by atoms with Crippen LogP contribution >= 0.6 is 23.2 Å². The second-order valence-corrected chi connectivity index (χ2v) is 6.18. The third-order valence-corrected chi connectivity index (χ3v) is 4.02. The summed E-state index contributed by atoms with van der Waals surface area (Å²) in [5, 5.41) is 1.38. The zero-order valence-corrected chi connectivity index (χ0v) is 13.3. The van der Waals surface area contributed by atoms with E-state index in [1.165, 1.54) is 16.7 Å². The minimum Gasteiger partial charge on any atom is -0.327 e. The first-order valence-corrected chi connectivity index (χ1v) is 7.47. The van der Waals surface area contributed by atoms with E-state index in [1.807, 2.05) is 18.2 Å². The Kier molecular flexibility index (Phi) is 5.09. The molecule has 2 rings (SSSR count). The largest absolute Gasteiger partial charge is 0.327 e. The van der Waals surface area contributed by atoms with E-state index in [-0.39, 0.29) is 6.04 Å². The first-order valence-electron chi connectivity index (χ1n) is 6.71. The maximum absolute atomic E-state index is 6.26. The zero-order valence-electron chi connectivity index (χ0n) is 11.8. The Bertz CT molecular complexity index is 567. The van der Waals surface area contributed by atoms with Crippen LogP contribution < -0.4 is 5.73 Å². The van der Waals surface area contributed by atoms with E-state index >= 15 is 0 Å². The molecule has 0 amide bonds. The summed E-state index contributed by atoms with van der Waals surface area (Å²) in [6.45, 7) is 4.21. The molecule has 0 aliphatic heterocycles. The van der Waals surface area contributed by atoms with E-state index in [0.29, 0.717) is 16.5 Å². The molecule has 0 heterocycles. The number of aryl methyl sites for hydroxylation is 2. The van der Waals surface area contributed by atoms with Crippen LogP contribution in [-0.2, 0) is 12.8 Å². The van der Waals surface area contributed by atoms with Gasteiger partial charge in [-0.1, -0.05) is 58.6 Å². The van der Waals surface area contributed by atoms with E-state index in [2.05, 4.69) is 32.0 Å². The third kappa shape index (κ3) is 3.99. The van der Waals surface area contributed by atoms with Crippen LogP contribution in [0.25, 0.3) is 0 Å². The summed E-state index contributed by atoms with van der Waals surface area (Å²) in [6, 6.07) is 12.1. The van der Waals surface area contributed by atoms with Gasteiger partial charge in [0.05, 0.1) is 0 Å². The molecule has 3 heteroatoms. The smallest absolute Gasteiger partial charge is 0.0453 e. The van der Waals surface area contributed by atoms with Gasteiger partial charge in [-0.15, -0.1) is 0 Å². The number of halogens is 2. The van der Waals surface area contributed by atoms with Crippen molar-refractivity contribution in [2.45, 2.75) is 32.7 Å². The van der Waals surface area contributed by atoms with Crippen LogP contribution in [-0.4, -0.2) is 6.04 Å². The molecule has 0 radical (unpaired) electrons. The first kappa shape index (κ1) is 15.4. The van der Waals surface area contributed by atoms with Gasteiger partial charge in [0.2, 0.25) is 0 Å². The highest BCUT2D eigenvalue weighted by Crippen LogP contribution is 2.25. The first-order chi connectivity index (χ1) is 9.45. The normalized spacial score (nSPS) is 12.4. The summed E-state index contributed by atoms with van der Waals surface area (Å²) in [6.07, 6.45) is 1.51. The highest BCUT2D eigenvalue weighted by molar-refractivity contribution is 6.36. The van der Waals surface area contributed by atoms with Crippen molar-refractivity contribution in [3.05, 3.63) is 68.7 Å². The topological polar surface area (TPSA) is 26.0 Å². The van der Waals surface area contributed by atoms with Crippen LogP contribution in [0, 0.1) is 13.8 Å². The van der Waals surface area contributed by atoms with Gasteiger partial charge in [-0.3, -0.25) is 0 Å². The second kappa shape index (κ2) is 6.62. The average Bonchev–Trinajstić information content (AvgIpc) is 2.32. The van der Waals surface area contributed by atoms with Crippen LogP contribution in [0.5, 0.6) is 0 Å². The van der Waals surface area contributed by atoms with Gasteiger partial charge in [0, 0.05) is 16.1 Å². The van der Waals surface area contributed by atoms with Crippen molar-refractivity contribution in [2.75, 3.05) is 0 Å². The summed E-state index contributed by atoms with van der Waals surface area (Å²) in [7, 11) is 0. The lowest BCUT2D eigenvalue weighted by Gasteiger charge is -2.15. The van der Waals surface area contributed by atoms with Gasteiger partial charge in [0.25, 0.3) is 0 Å². The summed E-state index contributed by atoms with van der Waals surface area (Å²) in [5.74, 6) is 0. The van der Waals surface area contributed by atoms with Crippen molar-refractivity contribution in [1.29, 1.82) is 0 Å². The number of nitrogens with two attached hydrogens (primary N) is 1. The van der Waals surface area contributed by atoms with Gasteiger partial charge in [0.15, 0.2) is 0 Å². The predicted octanol–water partition coefficient (Wildman–Crippen LogP) is 4.72. The number of benzene rings is 2. The van der Waals surface area contributed by atoms with Crippen molar-refractivity contribution >= 4 is 23.2 Å². The highest BCUT2D eigenvalue weighted by atomic mass is 35.5. The molecule has 0 aliphatic rings. The summed E-state index contributed by atoms with van der Waals surface area (Å²) < 4.78 is 0. The maximum atomic E-state index is 6.26. The molecule has 2 N–H and O–H groups in total. The fourth-order valence-electron chi connectivity index (χ4n) is 2.55. The lowest BCUT2D eigenvalue weighted by atomic mass is 9.97. The summed E-state index contributed by atoms with van der Waals surface area (Å²) in [4.78, 5) is 0. The van der Waals surface area contributed by atoms with Gasteiger partial charge in [-0.25, -0.2) is 0 Å². The Hall–Kier alpha value is -1.02. The number of rotatable bonds is 4. The minimum absolute atomic E-state index is 0.00796. The standard InChI is InChI=1S/C17H19Cl2N/c1-11-6-12(2)8-13(7-11)9-14(20)10-15-16(18)4-3-5-17(15)19/h3-8,14H,9-10,20H2,1-2H3. The average molecular weight is 308 g/mol. The maximum Gasteiger partial charge on any atom is 0.0453 e. The highest BCUT2D eigenvalue weighted by Gasteiger charge is 2.11. The molecule has 1 unspecified atom stereocenters. The van der Waals surface area contributed by atoms with Crippen LogP contribution in [0.4, 0.5) is 0 Å². The van der Waals surface area contributed by atoms with Crippen molar-refractivity contribution in [1.82, 2.24) is 0 Å². The fraction of sp³-hybridized carbons (Fsp3) is 0.294. The van der Waals surface area contributed by atoms with E-state index in [0.717, 1.165) is 12.0 Å². The van der Waals surface area contributed by atoms with Crippen molar-refractivity contribution in [3.8, 4) is 0 Å². The van der Waals surface area contributed by atoms with Crippen LogP contribution in [0.2, 0.25) is 10.0 Å². The minimum atomic E-state index is 0.00796. The Balaban J connectivity index is 2.11. The SMILES string of the molecule is Cc1cc(C)cc(CC(N)Cc2c(Cl)cccc2Cl)c1. The van der Waals surface area contributed by atoms with E-state index in [9.17, 15) is 0 Å². The van der Waals surface area contributed by atoms with Crippen molar-refractivity contribution in [3.63, 3.8) is 0 Å². The van der Waals surface area contributed by atoms with E-state index in [1.54, 1.807) is 0 Å². The molecule has 1 nitrogen and oxygen atoms in total. The third-order valence-electron chi connectivity index (χ3n) is 3.31. The molecular weight excluding hydrogens is 289 g/mol. The molecule has 2 aromatic rings. The van der Waals surface area contributed by atoms with Gasteiger partial charge >= 0.3 is 0 Å². The van der Waals surface area contributed by atoms with Crippen molar-refractivity contribution < 1.29 is 0 Å². The Morgan fingerprint density at radius 2 is 1.50 bits per heavy atom. The van der Waals surface area contributed by atoms with Crippen LogP contribution in [0.1, 0.15) is 22.3 Å². The van der Waals surface area contributed by atoms with Crippen LogP contribution in [0.3, 0.4) is 0 Å². The van der Waals surface area contributed by atoms with Gasteiger partial charge in [0.1, 0.15) is 0 Å². The molecule has 0 saturated carbocycles. The molecule has 0 saturated heterocycles. The molecule has 0 aromatic heterocycles. The van der Waals surface area contributed by atoms with Gasteiger partial charge < -0.3 is 5.73 Å². The monoisotopic (exact) mass is 307 g/mol. The quantitative estimate of drug-likeness (QED) is 0.868. The lowest BCUT2D eigenvalue weighted by Crippen LogP contribution is -2.26. The van der Waals surface area contributed by atoms with E-state index < -0.39 is 0 Å². The molecule has 1 atom stereocenters. The zero-order chi connectivity index (χ0) is 14.7. The van der Waals surface area contributed by atoms with Gasteiger partial charge in [-0.05, 0) is 49.9 Å². The Morgan fingerprint density at radius 3 is 2.05 bits per heavy atom. The molecule has 0 spiro atoms. The van der Waals surface area contributed by atoms with E-state index in [4.69, 9.17) is 28.9 Å². The Morgan fingerprint density at radius 1 is 0.950 bits per heavy atom. The van der Waals surface area contributed by atoms with Crippen molar-refractivity contribution in [2.24, 2.45) is 5.73 Å². The molecule has 20 heavy (non-hydrogen) atoms. The fourth-order valence-corrected chi connectivity index (χ4v) is 3.10. The van der Waals surface area contributed by atoms with Gasteiger partial charge in [-0.2, -0.15) is 0 Å². The Labute approximate surface area is 130 Å².